The highest BCUT2D eigenvalue weighted by atomic mass is 35.5. The van der Waals surface area contributed by atoms with Gasteiger partial charge in [0.05, 0.1) is 16.3 Å². The number of pyridine rings is 1. The molecule has 0 fully saturated rings. The number of hydrogen-bond acceptors (Lipinski definition) is 4. The van der Waals surface area contributed by atoms with Gasteiger partial charge in [0.2, 0.25) is 0 Å². The topological polar surface area (TPSA) is 63.4 Å². The number of hydrogen-bond donors (Lipinski definition) is 0. The van der Waals surface area contributed by atoms with Gasteiger partial charge in [-0.3, -0.25) is 9.59 Å². The van der Waals surface area contributed by atoms with Crippen LogP contribution in [0.5, 0.6) is 0 Å². The van der Waals surface area contributed by atoms with Crippen molar-refractivity contribution in [1.29, 1.82) is 0 Å². The standard InChI is InChI=1S/C26H30ClFN2O3/c1-8-11-30(26(6,7)15(2)31)24(32)22-14-21-23(33-22)17(25(3,4)5)13-20(29-21)16-9-10-18(27)19(28)12-16/h9-10,12-14H,8,11H2,1-7H3. The summed E-state index contributed by atoms with van der Waals surface area (Å²) in [6, 6.07) is 7.99. The van der Waals surface area contributed by atoms with Gasteiger partial charge >= 0.3 is 0 Å². The zero-order chi connectivity index (χ0) is 24.7. The maximum absolute atomic E-state index is 14.1. The maximum Gasteiger partial charge on any atom is 0.290 e. The molecule has 7 heteroatoms. The van der Waals surface area contributed by atoms with Crippen LogP contribution >= 0.6 is 11.6 Å². The van der Waals surface area contributed by atoms with Crippen LogP contribution in [0.3, 0.4) is 0 Å². The van der Waals surface area contributed by atoms with Crippen molar-refractivity contribution in [2.75, 3.05) is 6.54 Å². The van der Waals surface area contributed by atoms with Crippen LogP contribution in [0.4, 0.5) is 4.39 Å². The molecule has 3 aromatic rings. The van der Waals surface area contributed by atoms with Crippen LogP contribution in [0.2, 0.25) is 5.02 Å². The van der Waals surface area contributed by atoms with Crippen molar-refractivity contribution in [3.8, 4) is 11.3 Å². The number of amides is 1. The molecule has 33 heavy (non-hydrogen) atoms. The summed E-state index contributed by atoms with van der Waals surface area (Å²) in [5, 5.41) is 0.0381. The minimum atomic E-state index is -0.974. The Morgan fingerprint density at radius 3 is 2.33 bits per heavy atom. The predicted octanol–water partition coefficient (Wildman–Crippen LogP) is 6.80. The molecule has 0 atom stereocenters. The van der Waals surface area contributed by atoms with E-state index >= 15 is 0 Å². The van der Waals surface area contributed by atoms with Crippen molar-refractivity contribution in [2.45, 2.75) is 65.8 Å². The average molecular weight is 473 g/mol. The third kappa shape index (κ3) is 4.81. The smallest absolute Gasteiger partial charge is 0.290 e. The van der Waals surface area contributed by atoms with E-state index < -0.39 is 11.4 Å². The molecule has 0 saturated heterocycles. The molecule has 0 aliphatic rings. The van der Waals surface area contributed by atoms with Gasteiger partial charge in [0.1, 0.15) is 11.3 Å². The molecule has 0 spiro atoms. The highest BCUT2D eigenvalue weighted by Gasteiger charge is 2.37. The molecule has 5 nitrogen and oxygen atoms in total. The van der Waals surface area contributed by atoms with Gasteiger partial charge in [-0.2, -0.15) is 0 Å². The molecule has 0 radical (unpaired) electrons. The fourth-order valence-electron chi connectivity index (χ4n) is 3.67. The zero-order valence-electron chi connectivity index (χ0n) is 20.2. The van der Waals surface area contributed by atoms with Gasteiger partial charge in [0.15, 0.2) is 17.1 Å². The highest BCUT2D eigenvalue weighted by Crippen LogP contribution is 2.36. The Kier molecular flexibility index (Phi) is 6.72. The highest BCUT2D eigenvalue weighted by molar-refractivity contribution is 6.30. The van der Waals surface area contributed by atoms with Crippen LogP contribution in [0.15, 0.2) is 34.7 Å². The fraction of sp³-hybridized carbons (Fsp3) is 0.423. The second-order valence-electron chi connectivity index (χ2n) is 9.83. The monoisotopic (exact) mass is 472 g/mol. The van der Waals surface area contributed by atoms with Gasteiger partial charge < -0.3 is 9.32 Å². The van der Waals surface area contributed by atoms with E-state index in [1.807, 2.05) is 33.8 Å². The first-order chi connectivity index (χ1) is 15.3. The molecule has 1 amide bonds. The molecule has 1 aromatic carbocycles. The molecule has 0 aliphatic carbocycles. The Bertz CT molecular complexity index is 1220. The summed E-state index contributed by atoms with van der Waals surface area (Å²) in [5.74, 6) is -0.890. The van der Waals surface area contributed by atoms with E-state index in [4.69, 9.17) is 16.0 Å². The molecule has 0 saturated carbocycles. The van der Waals surface area contributed by atoms with Crippen LogP contribution in [0.1, 0.15) is 71.0 Å². The number of ketones is 1. The van der Waals surface area contributed by atoms with Crippen molar-refractivity contribution in [2.24, 2.45) is 0 Å². The van der Waals surface area contributed by atoms with Gasteiger partial charge in [-0.15, -0.1) is 0 Å². The van der Waals surface area contributed by atoms with Crippen molar-refractivity contribution < 1.29 is 18.4 Å². The lowest BCUT2D eigenvalue weighted by Crippen LogP contribution is -2.52. The number of carbonyl (C=O) groups excluding carboxylic acids is 2. The van der Waals surface area contributed by atoms with Crippen molar-refractivity contribution in [3.63, 3.8) is 0 Å². The second-order valence-corrected chi connectivity index (χ2v) is 10.2. The zero-order valence-corrected chi connectivity index (χ0v) is 20.9. The van der Waals surface area contributed by atoms with Gasteiger partial charge in [-0.25, -0.2) is 9.37 Å². The number of benzene rings is 1. The van der Waals surface area contributed by atoms with Gasteiger partial charge in [0, 0.05) is 23.7 Å². The third-order valence-electron chi connectivity index (χ3n) is 5.94. The van der Waals surface area contributed by atoms with Crippen molar-refractivity contribution in [3.05, 3.63) is 52.5 Å². The van der Waals surface area contributed by atoms with Crippen LogP contribution in [0.25, 0.3) is 22.4 Å². The Balaban J connectivity index is 2.19. The van der Waals surface area contributed by atoms with E-state index in [-0.39, 0.29) is 27.9 Å². The largest absolute Gasteiger partial charge is 0.449 e. The molecular weight excluding hydrogens is 443 g/mol. The number of furan rings is 1. The maximum atomic E-state index is 14.1. The van der Waals surface area contributed by atoms with E-state index in [1.165, 1.54) is 19.1 Å². The Morgan fingerprint density at radius 1 is 1.12 bits per heavy atom. The average Bonchev–Trinajstić information content (AvgIpc) is 3.15. The lowest BCUT2D eigenvalue weighted by atomic mass is 9.86. The van der Waals surface area contributed by atoms with Crippen LogP contribution in [0, 0.1) is 5.82 Å². The molecule has 2 heterocycles. The summed E-state index contributed by atoms with van der Waals surface area (Å²) < 4.78 is 20.2. The first kappa shape index (κ1) is 24.9. The normalized spacial score (nSPS) is 12.3. The lowest BCUT2D eigenvalue weighted by Gasteiger charge is -2.35. The number of carbonyl (C=O) groups is 2. The lowest BCUT2D eigenvalue weighted by molar-refractivity contribution is -0.125. The van der Waals surface area contributed by atoms with Crippen molar-refractivity contribution >= 4 is 34.4 Å². The van der Waals surface area contributed by atoms with Gasteiger partial charge in [-0.1, -0.05) is 45.4 Å². The molecule has 0 unspecified atom stereocenters. The molecule has 2 aromatic heterocycles. The van der Waals surface area contributed by atoms with E-state index in [1.54, 1.807) is 30.9 Å². The quantitative estimate of drug-likeness (QED) is 0.395. The number of rotatable bonds is 6. The molecule has 3 rings (SSSR count). The van der Waals surface area contributed by atoms with Crippen LogP contribution < -0.4 is 0 Å². The molecule has 0 N–H and O–H groups in total. The fourth-order valence-corrected chi connectivity index (χ4v) is 3.79. The predicted molar refractivity (Wildman–Crippen MR) is 129 cm³/mol. The second kappa shape index (κ2) is 8.90. The minimum Gasteiger partial charge on any atom is -0.449 e. The first-order valence-corrected chi connectivity index (χ1v) is 11.4. The number of nitrogens with zero attached hydrogens (tertiary/aromatic N) is 2. The molecule has 0 bridgehead atoms. The summed E-state index contributed by atoms with van der Waals surface area (Å²) in [6.45, 7) is 13.4. The SMILES string of the molecule is CCCN(C(=O)c1cc2nc(-c3ccc(Cl)c(F)c3)cc(C(C)(C)C)c2o1)C(C)(C)C(C)=O. The van der Waals surface area contributed by atoms with Gasteiger partial charge in [0.25, 0.3) is 5.91 Å². The van der Waals surface area contributed by atoms with E-state index in [0.29, 0.717) is 35.3 Å². The summed E-state index contributed by atoms with van der Waals surface area (Å²) >= 11 is 5.84. The van der Waals surface area contributed by atoms with Crippen LogP contribution in [-0.4, -0.2) is 33.7 Å². The molecule has 0 aliphatic heterocycles. The van der Waals surface area contributed by atoms with Crippen molar-refractivity contribution in [1.82, 2.24) is 9.88 Å². The third-order valence-corrected chi connectivity index (χ3v) is 6.25. The number of Topliss-reactive ketones (excluding diaryl/α,β-unsaturated/α-hetero) is 1. The Hall–Kier alpha value is -2.73. The summed E-state index contributed by atoms with van der Waals surface area (Å²) in [4.78, 5) is 31.9. The summed E-state index contributed by atoms with van der Waals surface area (Å²) in [7, 11) is 0. The summed E-state index contributed by atoms with van der Waals surface area (Å²) in [6.07, 6.45) is 0.695. The van der Waals surface area contributed by atoms with E-state index in [0.717, 1.165) is 5.56 Å². The number of aromatic nitrogens is 1. The minimum absolute atomic E-state index is 0.0381. The van der Waals surface area contributed by atoms with Gasteiger partial charge in [-0.05, 0) is 50.8 Å². The van der Waals surface area contributed by atoms with E-state index in [2.05, 4.69) is 4.98 Å². The number of fused-ring (bicyclic) bond motifs is 1. The Morgan fingerprint density at radius 2 is 1.79 bits per heavy atom. The summed E-state index contributed by atoms with van der Waals surface area (Å²) in [5.41, 5.74) is 1.65. The molecular formula is C26H30ClFN2O3. The first-order valence-electron chi connectivity index (χ1n) is 11.0. The Labute approximate surface area is 198 Å². The number of halogens is 2. The van der Waals surface area contributed by atoms with Crippen LogP contribution in [-0.2, 0) is 10.2 Å². The van der Waals surface area contributed by atoms with E-state index in [9.17, 15) is 14.0 Å². The molecule has 176 valence electrons.